The van der Waals surface area contributed by atoms with Gasteiger partial charge in [-0.05, 0) is 76.9 Å². The molecule has 5 heterocycles. The van der Waals surface area contributed by atoms with Gasteiger partial charge in [-0.25, -0.2) is 4.68 Å². The van der Waals surface area contributed by atoms with Crippen molar-refractivity contribution in [3.8, 4) is 17.6 Å². The van der Waals surface area contributed by atoms with Crippen LogP contribution >= 0.6 is 0 Å². The molecule has 12 heteroatoms. The van der Waals surface area contributed by atoms with E-state index in [4.69, 9.17) is 4.74 Å². The highest BCUT2D eigenvalue weighted by molar-refractivity contribution is 6.12. The summed E-state index contributed by atoms with van der Waals surface area (Å²) in [6.45, 7) is 0.471. The molecular formula is C49H39N7O5. The predicted molar refractivity (Wildman–Crippen MR) is 227 cm³/mol. The van der Waals surface area contributed by atoms with Gasteiger partial charge in [-0.2, -0.15) is 0 Å². The summed E-state index contributed by atoms with van der Waals surface area (Å²) in [4.78, 5) is 52.1. The van der Waals surface area contributed by atoms with Gasteiger partial charge in [0, 0.05) is 36.1 Å². The number of amides is 2. The number of aromatic nitrogens is 4. The molecule has 2 amide bonds. The van der Waals surface area contributed by atoms with E-state index in [0.29, 0.717) is 28.8 Å². The second kappa shape index (κ2) is 15.5. The number of carbonyl (C=O) groups is 3. The van der Waals surface area contributed by atoms with Crippen molar-refractivity contribution in [2.75, 3.05) is 11.9 Å². The summed E-state index contributed by atoms with van der Waals surface area (Å²) < 4.78 is 8.23. The predicted octanol–water partition coefficient (Wildman–Crippen LogP) is 6.21. The topological polar surface area (TPSA) is 152 Å². The number of hydrogen-bond acceptors (Lipinski definition) is 9. The lowest BCUT2D eigenvalue weighted by molar-refractivity contribution is -0.178. The zero-order chi connectivity index (χ0) is 41.5. The fraction of sp³-hybridized carbons (Fsp3) is 0.184. The Labute approximate surface area is 351 Å². The quantitative estimate of drug-likeness (QED) is 0.120. The SMILES string of the molecule is O=C1O[C@@H](c2ccccc2)[C@@H](c2ccccc2)N2[C@@H](c3ccc(O)cc3)[C@]3(C(=O)Nc4ccc(C#CCn5nnc6ccccc65)cc43)[C@@H](C(=O)NCCc3ccccn3)[C@H]12. The molecule has 1 spiro atoms. The molecule has 5 aromatic carbocycles. The van der Waals surface area contributed by atoms with Crippen LogP contribution in [0.5, 0.6) is 5.75 Å². The van der Waals surface area contributed by atoms with Crippen molar-refractivity contribution in [1.82, 2.24) is 30.2 Å². The first-order valence-corrected chi connectivity index (χ1v) is 20.2. The Morgan fingerprint density at radius 3 is 2.33 bits per heavy atom. The molecule has 3 aliphatic rings. The molecule has 0 saturated carbocycles. The number of nitrogens with one attached hydrogen (secondary N) is 2. The summed E-state index contributed by atoms with van der Waals surface area (Å²) in [6, 6.07) is 41.9. The van der Waals surface area contributed by atoms with Gasteiger partial charge in [-0.3, -0.25) is 24.3 Å². The van der Waals surface area contributed by atoms with Crippen LogP contribution in [-0.4, -0.2) is 60.4 Å². The molecule has 0 bridgehead atoms. The third-order valence-electron chi connectivity index (χ3n) is 12.1. The summed E-state index contributed by atoms with van der Waals surface area (Å²) in [5.41, 5.74) is 4.58. The largest absolute Gasteiger partial charge is 0.508 e. The van der Waals surface area contributed by atoms with Crippen molar-refractivity contribution in [3.05, 3.63) is 185 Å². The minimum Gasteiger partial charge on any atom is -0.508 e. The van der Waals surface area contributed by atoms with Crippen molar-refractivity contribution < 1.29 is 24.2 Å². The van der Waals surface area contributed by atoms with Crippen LogP contribution < -0.4 is 10.6 Å². The lowest BCUT2D eigenvalue weighted by Gasteiger charge is -2.46. The molecule has 10 rings (SSSR count). The Bertz CT molecular complexity index is 2840. The monoisotopic (exact) mass is 805 g/mol. The van der Waals surface area contributed by atoms with Crippen LogP contribution in [0, 0.1) is 17.8 Å². The van der Waals surface area contributed by atoms with E-state index in [0.717, 1.165) is 27.9 Å². The molecule has 0 unspecified atom stereocenters. The summed E-state index contributed by atoms with van der Waals surface area (Å²) >= 11 is 0. The Hall–Kier alpha value is -7.62. The summed E-state index contributed by atoms with van der Waals surface area (Å²) in [6.07, 6.45) is 1.32. The number of cyclic esters (lactones) is 1. The molecule has 6 atom stereocenters. The molecule has 0 aliphatic carbocycles. The number of fused-ring (bicyclic) bond motifs is 4. The molecule has 2 saturated heterocycles. The summed E-state index contributed by atoms with van der Waals surface area (Å²) in [5, 5.41) is 25.3. The zero-order valence-electron chi connectivity index (χ0n) is 32.8. The van der Waals surface area contributed by atoms with Gasteiger partial charge in [-0.1, -0.05) is 108 Å². The number of para-hydroxylation sites is 1. The van der Waals surface area contributed by atoms with Gasteiger partial charge in [-0.15, -0.1) is 5.10 Å². The maximum atomic E-state index is 15.4. The van der Waals surface area contributed by atoms with E-state index in [1.54, 1.807) is 41.2 Å². The third kappa shape index (κ3) is 6.47. The molecular weight excluding hydrogens is 767 g/mol. The van der Waals surface area contributed by atoms with Gasteiger partial charge < -0.3 is 20.5 Å². The van der Waals surface area contributed by atoms with Crippen LogP contribution in [0.15, 0.2) is 152 Å². The van der Waals surface area contributed by atoms with Gasteiger partial charge in [0.15, 0.2) is 0 Å². The number of rotatable bonds is 8. The zero-order valence-corrected chi connectivity index (χ0v) is 32.8. The molecule has 2 aromatic heterocycles. The van der Waals surface area contributed by atoms with Gasteiger partial charge in [0.1, 0.15) is 35.4 Å². The van der Waals surface area contributed by atoms with Gasteiger partial charge >= 0.3 is 5.97 Å². The van der Waals surface area contributed by atoms with E-state index in [-0.39, 0.29) is 18.8 Å². The summed E-state index contributed by atoms with van der Waals surface area (Å²) in [5.74, 6) is 3.70. The number of morpholine rings is 1. The number of aromatic hydroxyl groups is 1. The van der Waals surface area contributed by atoms with E-state index in [1.807, 2.05) is 120 Å². The van der Waals surface area contributed by atoms with Crippen LogP contribution in [0.25, 0.3) is 11.0 Å². The second-order valence-electron chi connectivity index (χ2n) is 15.5. The number of esters is 1. The summed E-state index contributed by atoms with van der Waals surface area (Å²) in [7, 11) is 0. The van der Waals surface area contributed by atoms with E-state index >= 15 is 9.59 Å². The van der Waals surface area contributed by atoms with Gasteiger partial charge in [0.05, 0.1) is 23.5 Å². The van der Waals surface area contributed by atoms with E-state index in [9.17, 15) is 9.90 Å². The first kappa shape index (κ1) is 37.6. The molecule has 300 valence electrons. The fourth-order valence-electron chi connectivity index (χ4n) is 9.55. The number of phenols is 1. The standard InChI is InChI=1S/C49H39N7O5/c57-36-23-21-34(22-24-36)45-49(37-30-31(20-25-38(37)52-48(49)60)12-11-29-55-40-19-8-7-18-39(40)53-54-55)41(46(58)51-28-26-35-17-9-10-27-50-35)43-47(59)61-44(33-15-5-2-6-16-33)42(56(43)45)32-13-3-1-4-14-32/h1-10,13-25,27,30,41-45,57H,26,28-29H2,(H,51,58)(H,52,60)/t41-,42-,43-,44+,45+,49-/m1/s1. The number of benzene rings is 5. The van der Waals surface area contributed by atoms with Crippen molar-refractivity contribution in [1.29, 1.82) is 0 Å². The van der Waals surface area contributed by atoms with Crippen molar-refractivity contribution in [3.63, 3.8) is 0 Å². The van der Waals surface area contributed by atoms with Crippen LogP contribution in [0.2, 0.25) is 0 Å². The Kier molecular flexibility index (Phi) is 9.58. The fourth-order valence-corrected chi connectivity index (χ4v) is 9.55. The first-order chi connectivity index (χ1) is 29.9. The second-order valence-corrected chi connectivity index (χ2v) is 15.5. The Balaban J connectivity index is 1.16. The van der Waals surface area contributed by atoms with Crippen LogP contribution in [0.3, 0.4) is 0 Å². The maximum absolute atomic E-state index is 15.4. The van der Waals surface area contributed by atoms with Crippen LogP contribution in [0.1, 0.15) is 51.7 Å². The molecule has 12 nitrogen and oxygen atoms in total. The Morgan fingerprint density at radius 1 is 0.820 bits per heavy atom. The van der Waals surface area contributed by atoms with Crippen LogP contribution in [-0.2, 0) is 37.5 Å². The van der Waals surface area contributed by atoms with Crippen molar-refractivity contribution in [2.24, 2.45) is 5.92 Å². The molecule has 7 aromatic rings. The molecule has 2 fully saturated rings. The molecule has 61 heavy (non-hydrogen) atoms. The highest BCUT2D eigenvalue weighted by Gasteiger charge is 2.74. The Morgan fingerprint density at radius 2 is 1.56 bits per heavy atom. The smallest absolute Gasteiger partial charge is 0.324 e. The maximum Gasteiger partial charge on any atom is 0.324 e. The van der Waals surface area contributed by atoms with E-state index in [1.165, 1.54) is 0 Å². The number of hydrogen-bond donors (Lipinski definition) is 3. The highest BCUT2D eigenvalue weighted by Crippen LogP contribution is 2.64. The lowest BCUT2D eigenvalue weighted by atomic mass is 9.65. The number of anilines is 1. The minimum atomic E-state index is -1.69. The van der Waals surface area contributed by atoms with Gasteiger partial charge in [0.2, 0.25) is 11.8 Å². The van der Waals surface area contributed by atoms with Crippen LogP contribution in [0.4, 0.5) is 5.69 Å². The molecule has 3 N–H and O–H groups in total. The number of pyridine rings is 1. The number of phenolic OH excluding ortho intramolecular Hbond substituents is 1. The molecule has 0 radical (unpaired) electrons. The number of nitrogens with zero attached hydrogens (tertiary/aromatic N) is 5. The minimum absolute atomic E-state index is 0.0324. The molecule has 3 aliphatic heterocycles. The van der Waals surface area contributed by atoms with E-state index in [2.05, 4.69) is 37.8 Å². The lowest BCUT2D eigenvalue weighted by Crippen LogP contribution is -2.55. The third-order valence-corrected chi connectivity index (χ3v) is 12.1. The van der Waals surface area contributed by atoms with Crippen molar-refractivity contribution in [2.45, 2.75) is 42.6 Å². The number of ether oxygens (including phenoxy) is 1. The van der Waals surface area contributed by atoms with Crippen molar-refractivity contribution >= 4 is 34.5 Å². The average molecular weight is 806 g/mol. The first-order valence-electron chi connectivity index (χ1n) is 20.2. The normalized spacial score (nSPS) is 22.8. The number of carbonyl (C=O) groups excluding carboxylic acids is 3. The average Bonchev–Trinajstić information content (AvgIpc) is 3.95. The highest BCUT2D eigenvalue weighted by atomic mass is 16.6. The van der Waals surface area contributed by atoms with E-state index < -0.39 is 53.3 Å². The van der Waals surface area contributed by atoms with Gasteiger partial charge in [0.25, 0.3) is 0 Å².